The molecule has 0 bridgehead atoms. The average Bonchev–Trinajstić information content (AvgIpc) is 3.10. The number of carbonyl (C=O) groups excluding carboxylic acids is 2. The van der Waals surface area contributed by atoms with Crippen LogP contribution < -0.4 is 11.1 Å². The smallest absolute Gasteiger partial charge is 0.244 e. The zero-order valence-corrected chi connectivity index (χ0v) is 8.85. The van der Waals surface area contributed by atoms with Gasteiger partial charge in [-0.05, 0) is 18.4 Å². The summed E-state index contributed by atoms with van der Waals surface area (Å²) in [6.45, 7) is 0. The normalized spacial score (nSPS) is 16.5. The number of nitrogens with two attached hydrogens (primary N) is 1. The average molecular weight is 218 g/mol. The third-order valence-corrected chi connectivity index (χ3v) is 2.65. The second-order valence-electron chi connectivity index (χ2n) is 4.03. The third kappa shape index (κ3) is 2.39. The Hall–Kier alpha value is -1.84. The van der Waals surface area contributed by atoms with Crippen molar-refractivity contribution in [2.75, 3.05) is 0 Å². The zero-order chi connectivity index (χ0) is 11.5. The lowest BCUT2D eigenvalue weighted by Gasteiger charge is -2.15. The SMILES string of the molecule is NC(=O)C(NC(=O)C1CC1)c1ccccc1. The van der Waals surface area contributed by atoms with Gasteiger partial charge in [-0.15, -0.1) is 0 Å². The Bertz CT molecular complexity index is 399. The van der Waals surface area contributed by atoms with Crippen LogP contribution >= 0.6 is 0 Å². The Kier molecular flexibility index (Phi) is 2.90. The van der Waals surface area contributed by atoms with E-state index >= 15 is 0 Å². The number of primary amides is 1. The van der Waals surface area contributed by atoms with Crippen LogP contribution in [0.3, 0.4) is 0 Å². The van der Waals surface area contributed by atoms with E-state index in [0.717, 1.165) is 18.4 Å². The van der Waals surface area contributed by atoms with Crippen LogP contribution in [0.5, 0.6) is 0 Å². The molecule has 2 amide bonds. The van der Waals surface area contributed by atoms with Gasteiger partial charge in [0.1, 0.15) is 6.04 Å². The molecule has 1 unspecified atom stereocenters. The molecule has 1 saturated carbocycles. The van der Waals surface area contributed by atoms with E-state index in [4.69, 9.17) is 5.73 Å². The molecule has 1 aromatic rings. The number of hydrogen-bond acceptors (Lipinski definition) is 2. The first-order valence-corrected chi connectivity index (χ1v) is 5.33. The predicted molar refractivity (Wildman–Crippen MR) is 59.2 cm³/mol. The summed E-state index contributed by atoms with van der Waals surface area (Å²) in [5.41, 5.74) is 6.01. The Morgan fingerprint density at radius 3 is 2.38 bits per heavy atom. The van der Waals surface area contributed by atoms with Gasteiger partial charge in [0.05, 0.1) is 0 Å². The molecule has 1 atom stereocenters. The maximum atomic E-state index is 11.6. The fourth-order valence-electron chi connectivity index (χ4n) is 1.57. The summed E-state index contributed by atoms with van der Waals surface area (Å²) in [6.07, 6.45) is 1.82. The molecule has 4 heteroatoms. The van der Waals surface area contributed by atoms with Crippen LogP contribution in [0.2, 0.25) is 0 Å². The highest BCUT2D eigenvalue weighted by molar-refractivity contribution is 5.89. The van der Waals surface area contributed by atoms with Gasteiger partial charge in [-0.2, -0.15) is 0 Å². The van der Waals surface area contributed by atoms with Crippen LogP contribution in [0, 0.1) is 5.92 Å². The van der Waals surface area contributed by atoms with E-state index in [1.807, 2.05) is 18.2 Å². The molecule has 84 valence electrons. The first-order valence-electron chi connectivity index (χ1n) is 5.33. The number of carbonyl (C=O) groups is 2. The molecule has 2 rings (SSSR count). The lowest BCUT2D eigenvalue weighted by molar-refractivity contribution is -0.128. The predicted octanol–water partition coefficient (Wildman–Crippen LogP) is 0.739. The Balaban J connectivity index is 2.11. The van der Waals surface area contributed by atoms with Crippen LogP contribution in [-0.2, 0) is 9.59 Å². The lowest BCUT2D eigenvalue weighted by atomic mass is 10.1. The van der Waals surface area contributed by atoms with E-state index in [2.05, 4.69) is 5.32 Å². The molecule has 0 aromatic heterocycles. The minimum absolute atomic E-state index is 0.0746. The minimum Gasteiger partial charge on any atom is -0.368 e. The second-order valence-corrected chi connectivity index (χ2v) is 4.03. The summed E-state index contributed by atoms with van der Waals surface area (Å²) in [7, 11) is 0. The highest BCUT2D eigenvalue weighted by atomic mass is 16.2. The van der Waals surface area contributed by atoms with Crippen molar-refractivity contribution in [3.05, 3.63) is 35.9 Å². The van der Waals surface area contributed by atoms with Crippen LogP contribution in [0.25, 0.3) is 0 Å². The monoisotopic (exact) mass is 218 g/mol. The van der Waals surface area contributed by atoms with Gasteiger partial charge in [-0.3, -0.25) is 9.59 Å². The van der Waals surface area contributed by atoms with E-state index in [0.29, 0.717) is 0 Å². The van der Waals surface area contributed by atoms with Gasteiger partial charge in [0.25, 0.3) is 0 Å². The van der Waals surface area contributed by atoms with Crippen molar-refractivity contribution in [2.24, 2.45) is 11.7 Å². The van der Waals surface area contributed by atoms with Crippen molar-refractivity contribution in [3.8, 4) is 0 Å². The highest BCUT2D eigenvalue weighted by Gasteiger charge is 2.32. The molecule has 16 heavy (non-hydrogen) atoms. The Labute approximate surface area is 93.8 Å². The molecule has 0 radical (unpaired) electrons. The quantitative estimate of drug-likeness (QED) is 0.782. The summed E-state index contributed by atoms with van der Waals surface area (Å²) in [5.74, 6) is -0.529. The van der Waals surface area contributed by atoms with Gasteiger partial charge in [0.2, 0.25) is 11.8 Å². The molecule has 1 aliphatic rings. The summed E-state index contributed by atoms with van der Waals surface area (Å²) in [4.78, 5) is 22.9. The number of benzene rings is 1. The molecule has 0 heterocycles. The fourth-order valence-corrected chi connectivity index (χ4v) is 1.57. The highest BCUT2D eigenvalue weighted by Crippen LogP contribution is 2.29. The summed E-state index contributed by atoms with van der Waals surface area (Å²) >= 11 is 0. The molecule has 1 fully saturated rings. The van der Waals surface area contributed by atoms with Gasteiger partial charge in [-0.1, -0.05) is 30.3 Å². The van der Waals surface area contributed by atoms with Gasteiger partial charge in [-0.25, -0.2) is 0 Å². The van der Waals surface area contributed by atoms with E-state index in [-0.39, 0.29) is 11.8 Å². The summed E-state index contributed by atoms with van der Waals surface area (Å²) in [6, 6.07) is 8.33. The number of hydrogen-bond donors (Lipinski definition) is 2. The molecule has 0 aliphatic heterocycles. The number of rotatable bonds is 4. The molecular formula is C12H14N2O2. The summed E-state index contributed by atoms with van der Waals surface area (Å²) < 4.78 is 0. The third-order valence-electron chi connectivity index (χ3n) is 2.65. The maximum Gasteiger partial charge on any atom is 0.244 e. The van der Waals surface area contributed by atoms with Crippen molar-refractivity contribution in [3.63, 3.8) is 0 Å². The van der Waals surface area contributed by atoms with Crippen molar-refractivity contribution in [2.45, 2.75) is 18.9 Å². The van der Waals surface area contributed by atoms with E-state index < -0.39 is 11.9 Å². The Morgan fingerprint density at radius 1 is 1.25 bits per heavy atom. The van der Waals surface area contributed by atoms with E-state index in [1.165, 1.54) is 0 Å². The fraction of sp³-hybridized carbons (Fsp3) is 0.333. The largest absolute Gasteiger partial charge is 0.368 e. The van der Waals surface area contributed by atoms with Crippen molar-refractivity contribution < 1.29 is 9.59 Å². The first kappa shape index (κ1) is 10.7. The van der Waals surface area contributed by atoms with Gasteiger partial charge < -0.3 is 11.1 Å². The van der Waals surface area contributed by atoms with E-state index in [1.54, 1.807) is 12.1 Å². The van der Waals surface area contributed by atoms with Gasteiger partial charge in [0.15, 0.2) is 0 Å². The molecule has 1 aromatic carbocycles. The second kappa shape index (κ2) is 4.35. The van der Waals surface area contributed by atoms with Gasteiger partial charge >= 0.3 is 0 Å². The van der Waals surface area contributed by atoms with Crippen molar-refractivity contribution in [1.82, 2.24) is 5.32 Å². The molecule has 3 N–H and O–H groups in total. The zero-order valence-electron chi connectivity index (χ0n) is 8.85. The molecule has 0 saturated heterocycles. The van der Waals surface area contributed by atoms with Crippen LogP contribution in [0.15, 0.2) is 30.3 Å². The van der Waals surface area contributed by atoms with Crippen LogP contribution in [-0.4, -0.2) is 11.8 Å². The number of nitrogens with one attached hydrogen (secondary N) is 1. The lowest BCUT2D eigenvalue weighted by Crippen LogP contribution is -2.38. The minimum atomic E-state index is -0.714. The number of amides is 2. The van der Waals surface area contributed by atoms with Crippen LogP contribution in [0.1, 0.15) is 24.4 Å². The topological polar surface area (TPSA) is 72.2 Å². The molecule has 0 spiro atoms. The maximum absolute atomic E-state index is 11.6. The van der Waals surface area contributed by atoms with Crippen molar-refractivity contribution in [1.29, 1.82) is 0 Å². The molecule has 1 aliphatic carbocycles. The molecule has 4 nitrogen and oxygen atoms in total. The molecular weight excluding hydrogens is 204 g/mol. The van der Waals surface area contributed by atoms with Crippen LogP contribution in [0.4, 0.5) is 0 Å². The first-order chi connectivity index (χ1) is 7.68. The van der Waals surface area contributed by atoms with Gasteiger partial charge in [0, 0.05) is 5.92 Å². The van der Waals surface area contributed by atoms with E-state index in [9.17, 15) is 9.59 Å². The van der Waals surface area contributed by atoms with Crippen molar-refractivity contribution >= 4 is 11.8 Å². The standard InChI is InChI=1S/C12H14N2O2/c13-11(15)10(8-4-2-1-3-5-8)14-12(16)9-6-7-9/h1-5,9-10H,6-7H2,(H2,13,15)(H,14,16). The summed E-state index contributed by atoms with van der Waals surface area (Å²) in [5, 5.41) is 2.68. The Morgan fingerprint density at radius 2 is 1.88 bits per heavy atom.